The topological polar surface area (TPSA) is 61.1 Å². The number of hydrogen-bond donors (Lipinski definition) is 2. The lowest BCUT2D eigenvalue weighted by Crippen LogP contribution is -2.38. The summed E-state index contributed by atoms with van der Waals surface area (Å²) in [6.07, 6.45) is 2.31. The number of rotatable bonds is 4. The monoisotopic (exact) mass is 229 g/mol. The maximum absolute atomic E-state index is 11.5. The molecule has 5 nitrogen and oxygen atoms in total. The molecule has 0 amide bonds. The van der Waals surface area contributed by atoms with E-state index in [9.17, 15) is 4.79 Å². The molecule has 1 atom stereocenters. The van der Waals surface area contributed by atoms with Crippen LogP contribution in [0.3, 0.4) is 0 Å². The van der Waals surface area contributed by atoms with E-state index < -0.39 is 0 Å². The standard InChI is InChI=1S/C9H15N3O2S/c1-12(2)7(8(13)14-3)4-6-5-10-9(15)11-6/h5,7H,4H2,1-3H3,(H2,10,11,15)/t7-/m1/s1. The number of nitrogens with zero attached hydrogens (tertiary/aromatic N) is 1. The Labute approximate surface area is 93.4 Å². The maximum Gasteiger partial charge on any atom is 0.323 e. The number of imidazole rings is 1. The number of carbonyl (C=O) groups is 1. The van der Waals surface area contributed by atoms with E-state index in [1.807, 2.05) is 19.0 Å². The fraction of sp³-hybridized carbons (Fsp3) is 0.556. The fourth-order valence-corrected chi connectivity index (χ4v) is 1.49. The van der Waals surface area contributed by atoms with Crippen molar-refractivity contribution in [1.29, 1.82) is 0 Å². The van der Waals surface area contributed by atoms with E-state index in [1.165, 1.54) is 7.11 Å². The molecule has 1 heterocycles. The van der Waals surface area contributed by atoms with Crippen molar-refractivity contribution in [2.75, 3.05) is 21.2 Å². The van der Waals surface area contributed by atoms with Crippen LogP contribution in [-0.4, -0.2) is 48.1 Å². The minimum atomic E-state index is -0.295. The Morgan fingerprint density at radius 2 is 2.33 bits per heavy atom. The first-order valence-corrected chi connectivity index (χ1v) is 4.96. The van der Waals surface area contributed by atoms with Gasteiger partial charge in [-0.1, -0.05) is 0 Å². The van der Waals surface area contributed by atoms with Crippen molar-refractivity contribution in [2.45, 2.75) is 12.5 Å². The molecule has 15 heavy (non-hydrogen) atoms. The van der Waals surface area contributed by atoms with Crippen LogP contribution in [0.1, 0.15) is 5.69 Å². The molecule has 0 bridgehead atoms. The molecule has 1 rings (SSSR count). The highest BCUT2D eigenvalue weighted by Crippen LogP contribution is 2.05. The Morgan fingerprint density at radius 3 is 2.73 bits per heavy atom. The predicted molar refractivity (Wildman–Crippen MR) is 59.2 cm³/mol. The number of H-pyrrole nitrogens is 2. The van der Waals surface area contributed by atoms with Crippen LogP contribution in [0.2, 0.25) is 0 Å². The lowest BCUT2D eigenvalue weighted by Gasteiger charge is -2.20. The highest BCUT2D eigenvalue weighted by molar-refractivity contribution is 7.71. The summed E-state index contributed by atoms with van der Waals surface area (Å²) in [5, 5.41) is 0. The number of hydrogen-bond acceptors (Lipinski definition) is 4. The first kappa shape index (κ1) is 11.9. The van der Waals surface area contributed by atoms with Gasteiger partial charge in [-0.2, -0.15) is 0 Å². The number of aromatic amines is 2. The highest BCUT2D eigenvalue weighted by atomic mass is 32.1. The number of ether oxygens (including phenoxy) is 1. The molecule has 0 saturated heterocycles. The van der Waals surface area contributed by atoms with Crippen LogP contribution in [0, 0.1) is 4.77 Å². The molecular formula is C9H15N3O2S. The van der Waals surface area contributed by atoms with Crippen molar-refractivity contribution in [1.82, 2.24) is 14.9 Å². The third kappa shape index (κ3) is 3.17. The third-order valence-corrected chi connectivity index (χ3v) is 2.38. The van der Waals surface area contributed by atoms with E-state index >= 15 is 0 Å². The van der Waals surface area contributed by atoms with Crippen molar-refractivity contribution >= 4 is 18.2 Å². The van der Waals surface area contributed by atoms with Crippen LogP contribution in [0.25, 0.3) is 0 Å². The number of esters is 1. The molecule has 0 saturated carbocycles. The molecule has 0 fully saturated rings. The van der Waals surface area contributed by atoms with E-state index in [2.05, 4.69) is 9.97 Å². The van der Waals surface area contributed by atoms with Crippen LogP contribution in [0.5, 0.6) is 0 Å². The zero-order chi connectivity index (χ0) is 11.4. The van der Waals surface area contributed by atoms with E-state index in [4.69, 9.17) is 17.0 Å². The van der Waals surface area contributed by atoms with Gasteiger partial charge >= 0.3 is 5.97 Å². The molecule has 0 aliphatic heterocycles. The second kappa shape index (κ2) is 5.09. The van der Waals surface area contributed by atoms with Gasteiger partial charge in [-0.05, 0) is 26.3 Å². The summed E-state index contributed by atoms with van der Waals surface area (Å²) < 4.78 is 5.28. The number of nitrogens with one attached hydrogen (secondary N) is 2. The Balaban J connectivity index is 2.75. The molecular weight excluding hydrogens is 214 g/mol. The van der Waals surface area contributed by atoms with Gasteiger partial charge in [0.25, 0.3) is 0 Å². The largest absolute Gasteiger partial charge is 0.468 e. The van der Waals surface area contributed by atoms with Crippen molar-refractivity contribution in [3.8, 4) is 0 Å². The van der Waals surface area contributed by atoms with Crippen LogP contribution < -0.4 is 0 Å². The van der Waals surface area contributed by atoms with Crippen molar-refractivity contribution in [2.24, 2.45) is 0 Å². The summed E-state index contributed by atoms with van der Waals surface area (Å²) in [4.78, 5) is 19.1. The molecule has 0 radical (unpaired) electrons. The second-order valence-electron chi connectivity index (χ2n) is 3.47. The van der Waals surface area contributed by atoms with Crippen molar-refractivity contribution < 1.29 is 9.53 Å². The smallest absolute Gasteiger partial charge is 0.323 e. The Bertz CT molecular complexity index is 383. The first-order chi connectivity index (χ1) is 7.04. The van der Waals surface area contributed by atoms with Crippen molar-refractivity contribution in [3.63, 3.8) is 0 Å². The maximum atomic E-state index is 11.5. The fourth-order valence-electron chi connectivity index (χ4n) is 1.30. The number of aromatic nitrogens is 2. The minimum absolute atomic E-state index is 0.250. The normalized spacial score (nSPS) is 12.8. The summed E-state index contributed by atoms with van der Waals surface area (Å²) in [5.41, 5.74) is 0.893. The molecule has 1 aromatic heterocycles. The van der Waals surface area contributed by atoms with Crippen LogP contribution in [0.4, 0.5) is 0 Å². The third-order valence-electron chi connectivity index (χ3n) is 2.16. The molecule has 0 aromatic carbocycles. The first-order valence-electron chi connectivity index (χ1n) is 4.55. The molecule has 0 spiro atoms. The van der Waals surface area contributed by atoms with Gasteiger partial charge in [0.2, 0.25) is 0 Å². The van der Waals surface area contributed by atoms with Gasteiger partial charge in [0, 0.05) is 18.3 Å². The van der Waals surface area contributed by atoms with Gasteiger partial charge in [0.1, 0.15) is 6.04 Å². The summed E-state index contributed by atoms with van der Waals surface area (Å²) in [5.74, 6) is -0.250. The lowest BCUT2D eigenvalue weighted by atomic mass is 10.1. The molecule has 0 unspecified atom stereocenters. The average Bonchev–Trinajstić information content (AvgIpc) is 2.59. The highest BCUT2D eigenvalue weighted by Gasteiger charge is 2.22. The second-order valence-corrected chi connectivity index (χ2v) is 3.88. The minimum Gasteiger partial charge on any atom is -0.468 e. The Kier molecular flexibility index (Phi) is 4.05. The summed E-state index contributed by atoms with van der Waals surface area (Å²) in [6, 6.07) is -0.295. The van der Waals surface area contributed by atoms with Gasteiger partial charge in [-0.25, -0.2) is 0 Å². The quantitative estimate of drug-likeness (QED) is 0.590. The van der Waals surface area contributed by atoms with Gasteiger partial charge in [0.15, 0.2) is 4.77 Å². The molecule has 1 aromatic rings. The lowest BCUT2D eigenvalue weighted by molar-refractivity contribution is -0.145. The predicted octanol–water partition coefficient (Wildman–Crippen LogP) is 0.718. The van der Waals surface area contributed by atoms with E-state index in [0.717, 1.165) is 5.69 Å². The van der Waals surface area contributed by atoms with Crippen molar-refractivity contribution in [3.05, 3.63) is 16.7 Å². The summed E-state index contributed by atoms with van der Waals surface area (Å²) in [7, 11) is 5.06. The average molecular weight is 229 g/mol. The van der Waals surface area contributed by atoms with E-state index in [0.29, 0.717) is 11.2 Å². The van der Waals surface area contributed by atoms with Crippen LogP contribution in [-0.2, 0) is 16.0 Å². The molecule has 6 heteroatoms. The number of methoxy groups -OCH3 is 1. The number of carbonyl (C=O) groups excluding carboxylic acids is 1. The summed E-state index contributed by atoms with van der Waals surface area (Å²) >= 11 is 4.90. The molecule has 84 valence electrons. The van der Waals surface area contributed by atoms with E-state index in [1.54, 1.807) is 6.20 Å². The van der Waals surface area contributed by atoms with Gasteiger partial charge < -0.3 is 14.7 Å². The van der Waals surface area contributed by atoms with Gasteiger partial charge in [-0.3, -0.25) is 9.69 Å². The SMILES string of the molecule is COC(=O)[C@@H](Cc1c[nH]c(=S)[nH]1)N(C)C. The van der Waals surface area contributed by atoms with Crippen LogP contribution >= 0.6 is 12.2 Å². The van der Waals surface area contributed by atoms with Gasteiger partial charge in [0.05, 0.1) is 7.11 Å². The zero-order valence-electron chi connectivity index (χ0n) is 9.03. The van der Waals surface area contributed by atoms with Gasteiger partial charge in [-0.15, -0.1) is 0 Å². The van der Waals surface area contributed by atoms with E-state index in [-0.39, 0.29) is 12.0 Å². The Hall–Kier alpha value is -1.14. The Morgan fingerprint density at radius 1 is 1.67 bits per heavy atom. The summed E-state index contributed by atoms with van der Waals surface area (Å²) in [6.45, 7) is 0. The number of likely N-dealkylation sites (N-methyl/N-ethyl adjacent to an activating group) is 1. The van der Waals surface area contributed by atoms with Crippen LogP contribution in [0.15, 0.2) is 6.20 Å². The molecule has 0 aliphatic rings. The molecule has 0 aliphatic carbocycles. The zero-order valence-corrected chi connectivity index (χ0v) is 9.85. The molecule has 2 N–H and O–H groups in total.